The van der Waals surface area contributed by atoms with Crippen LogP contribution in [-0.2, 0) is 15.1 Å². The van der Waals surface area contributed by atoms with E-state index >= 15 is 0 Å². The van der Waals surface area contributed by atoms with Gasteiger partial charge >= 0.3 is 12.1 Å². The summed E-state index contributed by atoms with van der Waals surface area (Å²) in [5, 5.41) is 10.5. The number of rotatable bonds is 2. The molecule has 0 bridgehead atoms. The highest BCUT2D eigenvalue weighted by molar-refractivity contribution is 5.88. The number of amides is 1. The number of carbonyl (C=O) groups is 2. The Balaban J connectivity index is 2.00. The van der Waals surface area contributed by atoms with Gasteiger partial charge in [0.1, 0.15) is 11.2 Å². The van der Waals surface area contributed by atoms with Gasteiger partial charge in [0, 0.05) is 6.20 Å². The molecule has 2 heterocycles. The third-order valence-electron chi connectivity index (χ3n) is 3.22. The molecule has 1 aromatic heterocycles. The summed E-state index contributed by atoms with van der Waals surface area (Å²) in [7, 11) is 1.29. The van der Waals surface area contributed by atoms with Gasteiger partial charge in [-0.25, -0.2) is 9.59 Å². The molecule has 7 nitrogen and oxygen atoms in total. The lowest BCUT2D eigenvalue weighted by Gasteiger charge is -2.45. The summed E-state index contributed by atoms with van der Waals surface area (Å²) in [6.07, 6.45) is 0.873. The molecule has 1 saturated heterocycles. The van der Waals surface area contributed by atoms with Crippen molar-refractivity contribution in [2.24, 2.45) is 0 Å². The monoisotopic (exact) mass is 308 g/mol. The smallest absolute Gasteiger partial charge is 0.410 e. The van der Waals surface area contributed by atoms with Crippen LogP contribution in [0, 0.1) is 0 Å². The van der Waals surface area contributed by atoms with Crippen LogP contribution in [0.25, 0.3) is 0 Å². The second-order valence-electron chi connectivity index (χ2n) is 6.29. The van der Waals surface area contributed by atoms with Crippen LogP contribution >= 0.6 is 0 Å². The molecule has 0 spiro atoms. The van der Waals surface area contributed by atoms with E-state index in [1.54, 1.807) is 26.8 Å². The summed E-state index contributed by atoms with van der Waals surface area (Å²) >= 11 is 0. The standard InChI is InChI=1S/C15H20N2O5/c1-14(2,3)22-13(19)17-8-15(20,9-17)11-6-5-10(7-16-11)12(18)21-4/h5-7,20H,8-9H2,1-4H3. The Morgan fingerprint density at radius 1 is 1.32 bits per heavy atom. The average Bonchev–Trinajstić information content (AvgIpc) is 2.41. The number of methoxy groups -OCH3 is 1. The molecule has 1 aromatic rings. The second kappa shape index (κ2) is 5.57. The van der Waals surface area contributed by atoms with Gasteiger partial charge in [-0.05, 0) is 32.9 Å². The number of pyridine rings is 1. The summed E-state index contributed by atoms with van der Waals surface area (Å²) in [4.78, 5) is 28.7. The average molecular weight is 308 g/mol. The SMILES string of the molecule is COC(=O)c1ccc(C2(O)CN(C(=O)OC(C)(C)C)C2)nc1. The first-order valence-electron chi connectivity index (χ1n) is 6.90. The van der Waals surface area contributed by atoms with E-state index in [4.69, 9.17) is 4.74 Å². The molecule has 0 atom stereocenters. The molecule has 1 aliphatic heterocycles. The van der Waals surface area contributed by atoms with E-state index in [1.807, 2.05) is 0 Å². The minimum atomic E-state index is -1.22. The Morgan fingerprint density at radius 3 is 2.41 bits per heavy atom. The van der Waals surface area contributed by atoms with Gasteiger partial charge in [0.25, 0.3) is 0 Å². The summed E-state index contributed by atoms with van der Waals surface area (Å²) in [5.74, 6) is -0.491. The van der Waals surface area contributed by atoms with Gasteiger partial charge in [-0.15, -0.1) is 0 Å². The Kier molecular flexibility index (Phi) is 4.10. The number of esters is 1. The number of β-amino-alcohol motifs (C(OH)–C–C–N with tert-alkyl or cyclic N) is 1. The normalized spacial score (nSPS) is 16.7. The predicted molar refractivity (Wildman–Crippen MR) is 77.3 cm³/mol. The number of aromatic nitrogens is 1. The molecule has 1 N–H and O–H groups in total. The van der Waals surface area contributed by atoms with Gasteiger partial charge in [0.05, 0.1) is 31.5 Å². The number of hydrogen-bond acceptors (Lipinski definition) is 6. The molecule has 0 saturated carbocycles. The summed E-state index contributed by atoms with van der Waals surface area (Å²) < 4.78 is 9.82. The zero-order valence-electron chi connectivity index (χ0n) is 13.1. The number of nitrogens with zero attached hydrogens (tertiary/aromatic N) is 2. The van der Waals surface area contributed by atoms with E-state index in [9.17, 15) is 14.7 Å². The van der Waals surface area contributed by atoms with Crippen molar-refractivity contribution in [3.63, 3.8) is 0 Å². The van der Waals surface area contributed by atoms with E-state index in [0.29, 0.717) is 11.3 Å². The molecule has 1 amide bonds. The molecule has 0 aliphatic carbocycles. The minimum absolute atomic E-state index is 0.104. The van der Waals surface area contributed by atoms with Crippen molar-refractivity contribution in [3.8, 4) is 0 Å². The number of aliphatic hydroxyl groups is 1. The van der Waals surface area contributed by atoms with Crippen molar-refractivity contribution in [1.29, 1.82) is 0 Å². The fourth-order valence-corrected chi connectivity index (χ4v) is 2.11. The Bertz CT molecular complexity index is 571. The Labute approximate surface area is 128 Å². The first-order valence-corrected chi connectivity index (χ1v) is 6.90. The second-order valence-corrected chi connectivity index (χ2v) is 6.29. The van der Waals surface area contributed by atoms with Crippen LogP contribution in [0.15, 0.2) is 18.3 Å². The predicted octanol–water partition coefficient (Wildman–Crippen LogP) is 1.31. The van der Waals surface area contributed by atoms with Crippen LogP contribution < -0.4 is 0 Å². The topological polar surface area (TPSA) is 89.0 Å². The van der Waals surface area contributed by atoms with Crippen molar-refractivity contribution in [1.82, 2.24) is 9.88 Å². The molecule has 0 radical (unpaired) electrons. The van der Waals surface area contributed by atoms with E-state index in [1.165, 1.54) is 24.3 Å². The Morgan fingerprint density at radius 2 is 1.95 bits per heavy atom. The lowest BCUT2D eigenvalue weighted by atomic mass is 9.90. The maximum atomic E-state index is 11.9. The molecular weight excluding hydrogens is 288 g/mol. The lowest BCUT2D eigenvalue weighted by molar-refractivity contribution is -0.106. The lowest BCUT2D eigenvalue weighted by Crippen LogP contribution is -2.62. The molecule has 0 unspecified atom stereocenters. The molecular formula is C15H20N2O5. The van der Waals surface area contributed by atoms with Crippen molar-refractivity contribution in [2.75, 3.05) is 20.2 Å². The highest BCUT2D eigenvalue weighted by atomic mass is 16.6. The van der Waals surface area contributed by atoms with Gasteiger partial charge in [-0.3, -0.25) is 4.98 Å². The summed E-state index contributed by atoms with van der Waals surface area (Å²) in [5.41, 5.74) is -1.09. The van der Waals surface area contributed by atoms with E-state index in [-0.39, 0.29) is 13.1 Å². The quantitative estimate of drug-likeness (QED) is 0.829. The minimum Gasteiger partial charge on any atom is -0.465 e. The van der Waals surface area contributed by atoms with E-state index in [0.717, 1.165) is 0 Å². The molecule has 1 aliphatic rings. The van der Waals surface area contributed by atoms with Gasteiger partial charge in [0.15, 0.2) is 0 Å². The van der Waals surface area contributed by atoms with Crippen molar-refractivity contribution < 1.29 is 24.2 Å². The van der Waals surface area contributed by atoms with E-state index < -0.39 is 23.3 Å². The molecule has 120 valence electrons. The van der Waals surface area contributed by atoms with Crippen LogP contribution in [-0.4, -0.2) is 52.9 Å². The highest BCUT2D eigenvalue weighted by Gasteiger charge is 2.47. The van der Waals surface area contributed by atoms with Gasteiger partial charge in [-0.1, -0.05) is 0 Å². The van der Waals surface area contributed by atoms with Crippen LogP contribution in [0.1, 0.15) is 36.8 Å². The van der Waals surface area contributed by atoms with Crippen LogP contribution in [0.4, 0.5) is 4.79 Å². The molecule has 0 aromatic carbocycles. The van der Waals surface area contributed by atoms with Gasteiger partial charge < -0.3 is 19.5 Å². The van der Waals surface area contributed by atoms with E-state index in [2.05, 4.69) is 9.72 Å². The zero-order chi connectivity index (χ0) is 16.5. The molecule has 7 heteroatoms. The summed E-state index contributed by atoms with van der Waals surface area (Å²) in [6.45, 7) is 5.55. The molecule has 1 fully saturated rings. The maximum absolute atomic E-state index is 11.9. The third kappa shape index (κ3) is 3.36. The highest BCUT2D eigenvalue weighted by Crippen LogP contribution is 2.31. The number of hydrogen-bond donors (Lipinski definition) is 1. The van der Waals surface area contributed by atoms with Crippen LogP contribution in [0.3, 0.4) is 0 Å². The number of ether oxygens (including phenoxy) is 2. The number of likely N-dealkylation sites (tertiary alicyclic amines) is 1. The summed E-state index contributed by atoms with van der Waals surface area (Å²) in [6, 6.07) is 3.08. The molecule has 22 heavy (non-hydrogen) atoms. The largest absolute Gasteiger partial charge is 0.465 e. The fraction of sp³-hybridized carbons (Fsp3) is 0.533. The first kappa shape index (κ1) is 16.2. The Hall–Kier alpha value is -2.15. The number of carbonyl (C=O) groups excluding carboxylic acids is 2. The van der Waals surface area contributed by atoms with Crippen LogP contribution in [0.5, 0.6) is 0 Å². The fourth-order valence-electron chi connectivity index (χ4n) is 2.11. The zero-order valence-corrected chi connectivity index (χ0v) is 13.1. The first-order chi connectivity index (χ1) is 10.1. The van der Waals surface area contributed by atoms with Crippen molar-refractivity contribution in [2.45, 2.75) is 32.0 Å². The van der Waals surface area contributed by atoms with Crippen molar-refractivity contribution >= 4 is 12.1 Å². The van der Waals surface area contributed by atoms with Crippen LogP contribution in [0.2, 0.25) is 0 Å². The van der Waals surface area contributed by atoms with Gasteiger partial charge in [0.2, 0.25) is 0 Å². The maximum Gasteiger partial charge on any atom is 0.410 e. The molecule has 2 rings (SSSR count). The van der Waals surface area contributed by atoms with Crippen molar-refractivity contribution in [3.05, 3.63) is 29.6 Å². The third-order valence-corrected chi connectivity index (χ3v) is 3.22. The van der Waals surface area contributed by atoms with Gasteiger partial charge in [-0.2, -0.15) is 0 Å².